The van der Waals surface area contributed by atoms with Gasteiger partial charge in [0, 0.05) is 47.9 Å². The molecule has 5 aromatic rings. The first-order valence-electron chi connectivity index (χ1n) is 11.2. The Bertz CT molecular complexity index is 1730. The van der Waals surface area contributed by atoms with Crippen molar-refractivity contribution in [3.63, 3.8) is 0 Å². The monoisotopic (exact) mass is 501 g/mol. The number of rotatable bonds is 5. The average molecular weight is 501 g/mol. The highest BCUT2D eigenvalue weighted by molar-refractivity contribution is 6.06. The van der Waals surface area contributed by atoms with Gasteiger partial charge in [-0.05, 0) is 36.4 Å². The first kappa shape index (κ1) is 22.4. The Morgan fingerprint density at radius 2 is 1.92 bits per heavy atom. The summed E-state index contributed by atoms with van der Waals surface area (Å²) in [6, 6.07) is 10.8. The molecule has 0 saturated heterocycles. The van der Waals surface area contributed by atoms with E-state index in [1.165, 1.54) is 53.5 Å². The standard InChI is InChI=1S/C26H17F2N5O4/c27-15-1-4-17(5-2-15)33-12-14-8-10-36-23(14)21(26(33)35)25(34)32-16-3-6-19(18(28)11-16)37-20-7-9-29-24-22(20)30-13-31-24/h1-7,9,11-13H,8,10H2,(H,32,34)(H,29,30,31). The van der Waals surface area contributed by atoms with Gasteiger partial charge in [-0.1, -0.05) is 0 Å². The van der Waals surface area contributed by atoms with Gasteiger partial charge in [-0.2, -0.15) is 0 Å². The maximum atomic E-state index is 14.9. The lowest BCUT2D eigenvalue weighted by Crippen LogP contribution is -2.29. The van der Waals surface area contributed by atoms with Gasteiger partial charge in [0.2, 0.25) is 0 Å². The lowest BCUT2D eigenvalue weighted by atomic mass is 10.1. The number of ether oxygens (including phenoxy) is 2. The van der Waals surface area contributed by atoms with Gasteiger partial charge in [-0.3, -0.25) is 14.2 Å². The third-order valence-electron chi connectivity index (χ3n) is 5.88. The molecule has 0 radical (unpaired) electrons. The third-order valence-corrected chi connectivity index (χ3v) is 5.88. The van der Waals surface area contributed by atoms with Crippen molar-refractivity contribution in [2.24, 2.45) is 0 Å². The molecule has 184 valence electrons. The van der Waals surface area contributed by atoms with Crippen LogP contribution in [0.4, 0.5) is 14.5 Å². The number of pyridine rings is 2. The summed E-state index contributed by atoms with van der Waals surface area (Å²) in [4.78, 5) is 37.6. The number of hydrogen-bond acceptors (Lipinski definition) is 6. The molecule has 11 heteroatoms. The molecule has 6 rings (SSSR count). The highest BCUT2D eigenvalue weighted by Crippen LogP contribution is 2.31. The number of aromatic amines is 1. The van der Waals surface area contributed by atoms with Crippen LogP contribution < -0.4 is 20.3 Å². The van der Waals surface area contributed by atoms with E-state index in [1.807, 2.05) is 0 Å². The van der Waals surface area contributed by atoms with E-state index in [9.17, 15) is 18.4 Å². The lowest BCUT2D eigenvalue weighted by molar-refractivity contribution is 0.102. The molecule has 3 aromatic heterocycles. The Morgan fingerprint density at radius 1 is 1.08 bits per heavy atom. The number of benzene rings is 2. The zero-order valence-corrected chi connectivity index (χ0v) is 19.0. The smallest absolute Gasteiger partial charge is 0.271 e. The molecule has 0 fully saturated rings. The minimum Gasteiger partial charge on any atom is -0.492 e. The summed E-state index contributed by atoms with van der Waals surface area (Å²) in [7, 11) is 0. The summed E-state index contributed by atoms with van der Waals surface area (Å²) < 4.78 is 40.8. The molecule has 0 aliphatic carbocycles. The van der Waals surface area contributed by atoms with Crippen molar-refractivity contribution in [3.05, 3.63) is 100 Å². The fourth-order valence-corrected chi connectivity index (χ4v) is 4.13. The molecule has 37 heavy (non-hydrogen) atoms. The van der Waals surface area contributed by atoms with E-state index in [2.05, 4.69) is 20.3 Å². The van der Waals surface area contributed by atoms with Crippen molar-refractivity contribution in [2.75, 3.05) is 11.9 Å². The Kier molecular flexibility index (Phi) is 5.37. The molecule has 2 aromatic carbocycles. The molecule has 1 amide bonds. The lowest BCUT2D eigenvalue weighted by Gasteiger charge is -2.13. The first-order chi connectivity index (χ1) is 18.0. The second kappa shape index (κ2) is 8.86. The molecule has 0 saturated carbocycles. The number of H-pyrrole nitrogens is 1. The summed E-state index contributed by atoms with van der Waals surface area (Å²) in [6.07, 6.45) is 5.03. The van der Waals surface area contributed by atoms with Crippen LogP contribution in [0.5, 0.6) is 17.2 Å². The van der Waals surface area contributed by atoms with Gasteiger partial charge in [0.1, 0.15) is 22.6 Å². The molecule has 4 heterocycles. The Balaban J connectivity index is 1.30. The minimum atomic E-state index is -0.764. The van der Waals surface area contributed by atoms with Crippen molar-refractivity contribution in [2.45, 2.75) is 6.42 Å². The van der Waals surface area contributed by atoms with Crippen molar-refractivity contribution >= 4 is 22.8 Å². The minimum absolute atomic E-state index is 0.0869. The summed E-state index contributed by atoms with van der Waals surface area (Å²) >= 11 is 0. The van der Waals surface area contributed by atoms with E-state index in [0.717, 1.165) is 6.07 Å². The molecule has 0 spiro atoms. The van der Waals surface area contributed by atoms with Crippen LogP contribution >= 0.6 is 0 Å². The van der Waals surface area contributed by atoms with E-state index < -0.39 is 23.1 Å². The van der Waals surface area contributed by atoms with Gasteiger partial charge >= 0.3 is 0 Å². The number of amides is 1. The predicted octanol–water partition coefficient (Wildman–Crippen LogP) is 4.37. The van der Waals surface area contributed by atoms with E-state index in [1.54, 1.807) is 12.3 Å². The van der Waals surface area contributed by atoms with Crippen LogP contribution in [0, 0.1) is 11.6 Å². The van der Waals surface area contributed by atoms with Crippen LogP contribution in [0.2, 0.25) is 0 Å². The molecular weight excluding hydrogens is 484 g/mol. The number of carbonyl (C=O) groups is 1. The molecule has 0 bridgehead atoms. The number of carbonyl (C=O) groups excluding carboxylic acids is 1. The fourth-order valence-electron chi connectivity index (χ4n) is 4.13. The maximum absolute atomic E-state index is 14.9. The van der Waals surface area contributed by atoms with Crippen LogP contribution in [0.25, 0.3) is 16.9 Å². The second-order valence-electron chi connectivity index (χ2n) is 8.22. The Labute approximate surface area is 207 Å². The van der Waals surface area contributed by atoms with E-state index >= 15 is 0 Å². The van der Waals surface area contributed by atoms with E-state index in [-0.39, 0.29) is 22.7 Å². The van der Waals surface area contributed by atoms with Crippen molar-refractivity contribution in [1.82, 2.24) is 19.5 Å². The number of nitrogens with one attached hydrogen (secondary N) is 2. The molecule has 0 atom stereocenters. The van der Waals surface area contributed by atoms with Gasteiger partial charge in [-0.15, -0.1) is 0 Å². The third kappa shape index (κ3) is 4.05. The largest absolute Gasteiger partial charge is 0.492 e. The first-order valence-corrected chi connectivity index (χ1v) is 11.2. The quantitative estimate of drug-likeness (QED) is 0.370. The topological polar surface area (TPSA) is 111 Å². The zero-order valence-electron chi connectivity index (χ0n) is 19.0. The SMILES string of the molecule is O=C(Nc1ccc(Oc2ccnc3[nH]cnc23)c(F)c1)c1c2c(cn(-c3ccc(F)cc3)c1=O)CCO2. The number of nitrogens with zero attached hydrogens (tertiary/aromatic N) is 3. The highest BCUT2D eigenvalue weighted by atomic mass is 19.1. The van der Waals surface area contributed by atoms with Crippen LogP contribution in [0.1, 0.15) is 15.9 Å². The van der Waals surface area contributed by atoms with Crippen molar-refractivity contribution in [1.29, 1.82) is 0 Å². The molecule has 1 aliphatic rings. The van der Waals surface area contributed by atoms with Crippen LogP contribution in [-0.4, -0.2) is 32.0 Å². The summed E-state index contributed by atoms with van der Waals surface area (Å²) in [6.45, 7) is 0.307. The number of imidazole rings is 1. The van der Waals surface area contributed by atoms with Gasteiger partial charge in [-0.25, -0.2) is 18.7 Å². The second-order valence-corrected chi connectivity index (χ2v) is 8.22. The van der Waals surface area contributed by atoms with Crippen molar-refractivity contribution in [3.8, 4) is 22.9 Å². The Morgan fingerprint density at radius 3 is 2.73 bits per heavy atom. The van der Waals surface area contributed by atoms with Crippen LogP contribution in [-0.2, 0) is 6.42 Å². The average Bonchev–Trinajstić information content (AvgIpc) is 3.56. The molecule has 2 N–H and O–H groups in total. The molecular formula is C26H17F2N5O4. The zero-order chi connectivity index (χ0) is 25.5. The fraction of sp³-hybridized carbons (Fsp3) is 0.0769. The van der Waals surface area contributed by atoms with E-state index in [0.29, 0.717) is 41.2 Å². The van der Waals surface area contributed by atoms with Crippen molar-refractivity contribution < 1.29 is 23.0 Å². The summed E-state index contributed by atoms with van der Waals surface area (Å²) in [5.41, 5.74) is 1.22. The van der Waals surface area contributed by atoms with Crippen LogP contribution in [0.15, 0.2) is 72.0 Å². The number of halogens is 2. The molecule has 0 unspecified atom stereocenters. The normalized spacial score (nSPS) is 12.3. The molecule has 9 nitrogen and oxygen atoms in total. The highest BCUT2D eigenvalue weighted by Gasteiger charge is 2.27. The van der Waals surface area contributed by atoms with Crippen LogP contribution in [0.3, 0.4) is 0 Å². The predicted molar refractivity (Wildman–Crippen MR) is 130 cm³/mol. The molecule has 1 aliphatic heterocycles. The van der Waals surface area contributed by atoms with Gasteiger partial charge in [0.05, 0.1) is 12.9 Å². The van der Waals surface area contributed by atoms with Gasteiger partial charge in [0.15, 0.2) is 23.0 Å². The number of hydrogen-bond donors (Lipinski definition) is 2. The summed E-state index contributed by atoms with van der Waals surface area (Å²) in [5.74, 6) is -1.55. The maximum Gasteiger partial charge on any atom is 0.271 e. The number of fused-ring (bicyclic) bond motifs is 2. The van der Waals surface area contributed by atoms with E-state index in [4.69, 9.17) is 9.47 Å². The number of anilines is 1. The summed E-state index contributed by atoms with van der Waals surface area (Å²) in [5, 5.41) is 2.56. The number of aromatic nitrogens is 4. The van der Waals surface area contributed by atoms with Gasteiger partial charge in [0.25, 0.3) is 11.5 Å². The Hall–Kier alpha value is -5.06. The van der Waals surface area contributed by atoms with Gasteiger partial charge < -0.3 is 19.8 Å².